The molecule has 1 aromatic heterocycles. The van der Waals surface area contributed by atoms with Gasteiger partial charge in [-0.3, -0.25) is 9.36 Å². The Bertz CT molecular complexity index is 1160. The molecule has 1 spiro atoms. The molecule has 0 aliphatic heterocycles. The zero-order valence-electron chi connectivity index (χ0n) is 17.2. The Balaban J connectivity index is 1.83. The Morgan fingerprint density at radius 2 is 1.93 bits per heavy atom. The minimum Gasteiger partial charge on any atom is -0.396 e. The van der Waals surface area contributed by atoms with E-state index in [-0.39, 0.29) is 17.6 Å². The van der Waals surface area contributed by atoms with E-state index in [9.17, 15) is 9.90 Å². The van der Waals surface area contributed by atoms with Crippen molar-refractivity contribution in [2.45, 2.75) is 49.6 Å². The van der Waals surface area contributed by atoms with E-state index in [1.54, 1.807) is 4.57 Å². The van der Waals surface area contributed by atoms with Crippen LogP contribution in [0.15, 0.2) is 58.5 Å². The standard InChI is InChI=1S/C25H26N2O2S/c1-17-7-6-9-19(15-17)27-23(29)21-22(26-24(27)30-14-13-28)20-10-3-2-8-18(20)16-25(21)11-4-5-12-25/h2-3,6-10,15,28H,4-5,11-14,16H2,1H3. The quantitative estimate of drug-likeness (QED) is 0.495. The topological polar surface area (TPSA) is 55.1 Å². The lowest BCUT2D eigenvalue weighted by atomic mass is 9.68. The molecule has 0 unspecified atom stereocenters. The average molecular weight is 419 g/mol. The van der Waals surface area contributed by atoms with Crippen LogP contribution in [0.4, 0.5) is 0 Å². The number of aromatic nitrogens is 2. The van der Waals surface area contributed by atoms with Gasteiger partial charge in [0.2, 0.25) is 0 Å². The van der Waals surface area contributed by atoms with E-state index >= 15 is 0 Å². The molecule has 30 heavy (non-hydrogen) atoms. The van der Waals surface area contributed by atoms with Crippen LogP contribution in [0.2, 0.25) is 0 Å². The van der Waals surface area contributed by atoms with Crippen molar-refractivity contribution >= 4 is 11.8 Å². The van der Waals surface area contributed by atoms with Crippen LogP contribution in [0.1, 0.15) is 42.4 Å². The van der Waals surface area contributed by atoms with Crippen LogP contribution < -0.4 is 5.56 Å². The normalized spacial score (nSPS) is 16.5. The van der Waals surface area contributed by atoms with Crippen molar-refractivity contribution in [3.05, 3.63) is 75.6 Å². The van der Waals surface area contributed by atoms with Gasteiger partial charge in [0.25, 0.3) is 5.56 Å². The zero-order valence-corrected chi connectivity index (χ0v) is 18.0. The molecule has 3 aromatic rings. The van der Waals surface area contributed by atoms with Crippen LogP contribution in [-0.4, -0.2) is 27.0 Å². The summed E-state index contributed by atoms with van der Waals surface area (Å²) in [5.74, 6) is 0.504. The van der Waals surface area contributed by atoms with Crippen molar-refractivity contribution < 1.29 is 5.11 Å². The van der Waals surface area contributed by atoms with Crippen LogP contribution in [-0.2, 0) is 11.8 Å². The Kier molecular flexibility index (Phi) is 5.03. The number of benzene rings is 2. The minimum atomic E-state index is -0.112. The minimum absolute atomic E-state index is 0.0476. The van der Waals surface area contributed by atoms with Crippen LogP contribution >= 0.6 is 11.8 Å². The third-order valence-corrected chi connectivity index (χ3v) is 7.45. The maximum absolute atomic E-state index is 14.1. The molecule has 0 radical (unpaired) electrons. The molecule has 1 N–H and O–H groups in total. The molecule has 5 rings (SSSR count). The summed E-state index contributed by atoms with van der Waals surface area (Å²) in [4.78, 5) is 19.2. The van der Waals surface area contributed by atoms with E-state index in [1.807, 2.05) is 37.3 Å². The summed E-state index contributed by atoms with van der Waals surface area (Å²) in [7, 11) is 0. The molecule has 1 saturated carbocycles. The van der Waals surface area contributed by atoms with Crippen molar-refractivity contribution in [3.63, 3.8) is 0 Å². The second kappa shape index (κ2) is 7.71. The van der Waals surface area contributed by atoms with E-state index in [1.165, 1.54) is 17.3 Å². The van der Waals surface area contributed by atoms with Crippen molar-refractivity contribution in [1.82, 2.24) is 9.55 Å². The number of hydrogen-bond donors (Lipinski definition) is 1. The first kappa shape index (κ1) is 19.6. The largest absolute Gasteiger partial charge is 0.396 e. The third kappa shape index (κ3) is 3.12. The molecule has 4 nitrogen and oxygen atoms in total. The number of rotatable bonds is 4. The van der Waals surface area contributed by atoms with Gasteiger partial charge in [0.05, 0.1) is 23.6 Å². The number of aryl methyl sites for hydroxylation is 1. The van der Waals surface area contributed by atoms with Gasteiger partial charge in [0.1, 0.15) is 0 Å². The predicted molar refractivity (Wildman–Crippen MR) is 122 cm³/mol. The van der Waals surface area contributed by atoms with Gasteiger partial charge >= 0.3 is 0 Å². The number of nitrogens with zero attached hydrogens (tertiary/aromatic N) is 2. The monoisotopic (exact) mass is 418 g/mol. The number of hydrogen-bond acceptors (Lipinski definition) is 4. The number of aliphatic hydroxyl groups excluding tert-OH is 1. The second-order valence-electron chi connectivity index (χ2n) is 8.49. The summed E-state index contributed by atoms with van der Waals surface area (Å²) in [6.45, 7) is 2.08. The summed E-state index contributed by atoms with van der Waals surface area (Å²) in [6.07, 6.45) is 5.33. The number of thioether (sulfide) groups is 1. The smallest absolute Gasteiger partial charge is 0.263 e. The molecule has 2 aromatic carbocycles. The van der Waals surface area contributed by atoms with Crippen molar-refractivity contribution in [3.8, 4) is 16.9 Å². The molecule has 2 aliphatic carbocycles. The summed E-state index contributed by atoms with van der Waals surface area (Å²) in [6, 6.07) is 16.4. The summed E-state index contributed by atoms with van der Waals surface area (Å²) >= 11 is 1.44. The van der Waals surface area contributed by atoms with E-state index in [4.69, 9.17) is 4.98 Å². The van der Waals surface area contributed by atoms with Crippen LogP contribution in [0.5, 0.6) is 0 Å². The molecule has 0 amide bonds. The third-order valence-electron chi connectivity index (χ3n) is 6.53. The lowest BCUT2D eigenvalue weighted by Crippen LogP contribution is -2.40. The highest BCUT2D eigenvalue weighted by Gasteiger charge is 2.44. The Morgan fingerprint density at radius 3 is 2.70 bits per heavy atom. The number of aliphatic hydroxyl groups is 1. The van der Waals surface area contributed by atoms with Crippen LogP contribution in [0.25, 0.3) is 16.9 Å². The first-order valence-corrected chi connectivity index (χ1v) is 11.7. The summed E-state index contributed by atoms with van der Waals surface area (Å²) in [5.41, 5.74) is 6.04. The fraction of sp³-hybridized carbons (Fsp3) is 0.360. The molecule has 2 aliphatic rings. The highest BCUT2D eigenvalue weighted by Crippen LogP contribution is 2.50. The highest BCUT2D eigenvalue weighted by atomic mass is 32.2. The van der Waals surface area contributed by atoms with Crippen molar-refractivity contribution in [2.75, 3.05) is 12.4 Å². The SMILES string of the molecule is Cc1cccc(-n2c(SCCO)nc3c(c2=O)C2(CCCC2)Cc2ccccc2-3)c1. The molecule has 1 heterocycles. The molecule has 0 bridgehead atoms. The Labute approximate surface area is 181 Å². The van der Waals surface area contributed by atoms with Gasteiger partial charge in [0.15, 0.2) is 5.16 Å². The molecule has 5 heteroatoms. The lowest BCUT2D eigenvalue weighted by molar-refractivity contribution is 0.322. The first-order valence-electron chi connectivity index (χ1n) is 10.7. The zero-order chi connectivity index (χ0) is 20.7. The van der Waals surface area contributed by atoms with Gasteiger partial charge in [-0.2, -0.15) is 0 Å². The van der Waals surface area contributed by atoms with Gasteiger partial charge in [-0.1, -0.05) is 61.0 Å². The molecule has 0 atom stereocenters. The van der Waals surface area contributed by atoms with Gasteiger partial charge in [0, 0.05) is 16.7 Å². The van der Waals surface area contributed by atoms with E-state index in [0.717, 1.165) is 60.2 Å². The Hall–Kier alpha value is -2.37. The van der Waals surface area contributed by atoms with Gasteiger partial charge < -0.3 is 5.11 Å². The molecule has 154 valence electrons. The van der Waals surface area contributed by atoms with Crippen molar-refractivity contribution in [2.24, 2.45) is 0 Å². The van der Waals surface area contributed by atoms with E-state index < -0.39 is 0 Å². The molecular weight excluding hydrogens is 392 g/mol. The molecule has 0 saturated heterocycles. The maximum atomic E-state index is 14.1. The second-order valence-corrected chi connectivity index (χ2v) is 9.55. The van der Waals surface area contributed by atoms with E-state index in [2.05, 4.69) is 18.2 Å². The van der Waals surface area contributed by atoms with Crippen LogP contribution in [0.3, 0.4) is 0 Å². The molecular formula is C25H26N2O2S. The lowest BCUT2D eigenvalue weighted by Gasteiger charge is -2.36. The number of fused-ring (bicyclic) bond motifs is 4. The van der Waals surface area contributed by atoms with Gasteiger partial charge in [-0.05, 0) is 49.4 Å². The van der Waals surface area contributed by atoms with E-state index in [0.29, 0.717) is 10.9 Å². The van der Waals surface area contributed by atoms with Crippen LogP contribution in [0, 0.1) is 6.92 Å². The summed E-state index contributed by atoms with van der Waals surface area (Å²) in [5, 5.41) is 10.1. The first-order chi connectivity index (χ1) is 14.6. The molecule has 1 fully saturated rings. The fourth-order valence-electron chi connectivity index (χ4n) is 5.24. The summed E-state index contributed by atoms with van der Waals surface area (Å²) < 4.78 is 1.78. The predicted octanol–water partition coefficient (Wildman–Crippen LogP) is 4.66. The maximum Gasteiger partial charge on any atom is 0.263 e. The van der Waals surface area contributed by atoms with Gasteiger partial charge in [-0.25, -0.2) is 4.98 Å². The Morgan fingerprint density at radius 1 is 1.13 bits per heavy atom. The highest BCUT2D eigenvalue weighted by molar-refractivity contribution is 7.99. The van der Waals surface area contributed by atoms with Crippen molar-refractivity contribution in [1.29, 1.82) is 0 Å². The van der Waals surface area contributed by atoms with Gasteiger partial charge in [-0.15, -0.1) is 0 Å². The average Bonchev–Trinajstić information content (AvgIpc) is 3.20. The fourth-order valence-corrected chi connectivity index (χ4v) is 5.99.